The molecule has 0 aromatic rings. The number of hydrogen-bond donors (Lipinski definition) is 1. The van der Waals surface area contributed by atoms with Gasteiger partial charge in [-0.05, 0) is 39.0 Å². The molecule has 0 aromatic carbocycles. The summed E-state index contributed by atoms with van der Waals surface area (Å²) in [5, 5.41) is 3.72. The maximum atomic E-state index is 3.72. The molecule has 2 unspecified atom stereocenters. The second kappa shape index (κ2) is 5.64. The van der Waals surface area contributed by atoms with Gasteiger partial charge in [0, 0.05) is 12.1 Å². The Morgan fingerprint density at radius 2 is 1.85 bits per heavy atom. The molecule has 0 amide bonds. The van der Waals surface area contributed by atoms with Gasteiger partial charge in [-0.15, -0.1) is 0 Å². The monoisotopic (exact) mass is 183 g/mol. The Bertz CT molecular complexity index is 127. The quantitative estimate of drug-likeness (QED) is 0.689. The van der Waals surface area contributed by atoms with Crippen molar-refractivity contribution in [1.82, 2.24) is 5.32 Å². The lowest BCUT2D eigenvalue weighted by molar-refractivity contribution is 0.340. The van der Waals surface area contributed by atoms with Crippen molar-refractivity contribution in [2.45, 2.75) is 71.4 Å². The molecule has 1 nitrogen and oxygen atoms in total. The van der Waals surface area contributed by atoms with Crippen molar-refractivity contribution < 1.29 is 0 Å². The fourth-order valence-corrected chi connectivity index (χ4v) is 2.56. The SMILES string of the molecule is CCCC(C)NC(C)C1CCCC1. The van der Waals surface area contributed by atoms with Gasteiger partial charge in [0.05, 0.1) is 0 Å². The molecule has 1 saturated carbocycles. The second-order valence-corrected chi connectivity index (χ2v) is 4.69. The molecule has 1 fully saturated rings. The minimum absolute atomic E-state index is 0.709. The summed E-state index contributed by atoms with van der Waals surface area (Å²) >= 11 is 0. The van der Waals surface area contributed by atoms with E-state index >= 15 is 0 Å². The van der Waals surface area contributed by atoms with Crippen LogP contribution in [0.3, 0.4) is 0 Å². The maximum absolute atomic E-state index is 3.72. The van der Waals surface area contributed by atoms with Crippen LogP contribution in [0.4, 0.5) is 0 Å². The van der Waals surface area contributed by atoms with E-state index in [4.69, 9.17) is 0 Å². The van der Waals surface area contributed by atoms with Crippen molar-refractivity contribution in [1.29, 1.82) is 0 Å². The average Bonchev–Trinajstić information content (AvgIpc) is 2.55. The van der Waals surface area contributed by atoms with Gasteiger partial charge in [0.25, 0.3) is 0 Å². The molecular formula is C12H25N. The smallest absolute Gasteiger partial charge is 0.00694 e. The van der Waals surface area contributed by atoms with Crippen LogP contribution in [-0.2, 0) is 0 Å². The summed E-state index contributed by atoms with van der Waals surface area (Å²) in [5.74, 6) is 0.958. The fourth-order valence-electron chi connectivity index (χ4n) is 2.56. The van der Waals surface area contributed by atoms with Gasteiger partial charge in [-0.25, -0.2) is 0 Å². The maximum Gasteiger partial charge on any atom is 0.00694 e. The predicted molar refractivity (Wildman–Crippen MR) is 58.9 cm³/mol. The van der Waals surface area contributed by atoms with E-state index in [1.807, 2.05) is 0 Å². The highest BCUT2D eigenvalue weighted by Gasteiger charge is 2.21. The van der Waals surface area contributed by atoms with Gasteiger partial charge in [-0.1, -0.05) is 26.2 Å². The van der Waals surface area contributed by atoms with Crippen LogP contribution in [0.5, 0.6) is 0 Å². The van der Waals surface area contributed by atoms with E-state index in [0.717, 1.165) is 12.0 Å². The van der Waals surface area contributed by atoms with Crippen molar-refractivity contribution >= 4 is 0 Å². The highest BCUT2D eigenvalue weighted by Crippen LogP contribution is 2.27. The molecule has 0 saturated heterocycles. The summed E-state index contributed by atoms with van der Waals surface area (Å²) < 4.78 is 0. The van der Waals surface area contributed by atoms with Gasteiger partial charge in [0.1, 0.15) is 0 Å². The minimum Gasteiger partial charge on any atom is -0.312 e. The van der Waals surface area contributed by atoms with E-state index < -0.39 is 0 Å². The fraction of sp³-hybridized carbons (Fsp3) is 1.00. The molecule has 2 atom stereocenters. The Labute approximate surface area is 83.3 Å². The molecule has 0 aromatic heterocycles. The van der Waals surface area contributed by atoms with Gasteiger partial charge >= 0.3 is 0 Å². The lowest BCUT2D eigenvalue weighted by atomic mass is 9.98. The summed E-state index contributed by atoms with van der Waals surface area (Å²) in [6.07, 6.45) is 8.43. The molecule has 0 spiro atoms. The second-order valence-electron chi connectivity index (χ2n) is 4.69. The summed E-state index contributed by atoms with van der Waals surface area (Å²) in [5.41, 5.74) is 0. The van der Waals surface area contributed by atoms with Crippen LogP contribution in [-0.4, -0.2) is 12.1 Å². The standard InChI is InChI=1S/C12H25N/c1-4-7-10(2)13-11(3)12-8-5-6-9-12/h10-13H,4-9H2,1-3H3. The first kappa shape index (κ1) is 11.0. The summed E-state index contributed by atoms with van der Waals surface area (Å²) in [7, 11) is 0. The molecule has 1 aliphatic carbocycles. The Morgan fingerprint density at radius 3 is 2.38 bits per heavy atom. The zero-order valence-electron chi connectivity index (χ0n) is 9.47. The highest BCUT2D eigenvalue weighted by molar-refractivity contribution is 4.79. The van der Waals surface area contributed by atoms with Crippen LogP contribution in [0.25, 0.3) is 0 Å². The Morgan fingerprint density at radius 1 is 1.23 bits per heavy atom. The van der Waals surface area contributed by atoms with Crippen LogP contribution in [0.2, 0.25) is 0 Å². The highest BCUT2D eigenvalue weighted by atomic mass is 14.9. The van der Waals surface area contributed by atoms with Crippen LogP contribution in [0, 0.1) is 5.92 Å². The van der Waals surface area contributed by atoms with Gasteiger partial charge in [-0.2, -0.15) is 0 Å². The van der Waals surface area contributed by atoms with E-state index in [0.29, 0.717) is 6.04 Å². The van der Waals surface area contributed by atoms with Gasteiger partial charge in [0.15, 0.2) is 0 Å². The molecule has 0 radical (unpaired) electrons. The Hall–Kier alpha value is -0.0400. The molecule has 0 heterocycles. The van der Waals surface area contributed by atoms with Crippen molar-refractivity contribution in [3.05, 3.63) is 0 Å². The molecule has 1 rings (SSSR count). The summed E-state index contributed by atoms with van der Waals surface area (Å²) in [4.78, 5) is 0. The lowest BCUT2D eigenvalue weighted by Crippen LogP contribution is -2.38. The van der Waals surface area contributed by atoms with E-state index in [-0.39, 0.29) is 0 Å². The number of hydrogen-bond acceptors (Lipinski definition) is 1. The normalized spacial score (nSPS) is 23.3. The van der Waals surface area contributed by atoms with Crippen molar-refractivity contribution in [2.24, 2.45) is 5.92 Å². The largest absolute Gasteiger partial charge is 0.312 e. The zero-order chi connectivity index (χ0) is 9.68. The van der Waals surface area contributed by atoms with E-state index in [9.17, 15) is 0 Å². The van der Waals surface area contributed by atoms with E-state index in [1.165, 1.54) is 38.5 Å². The van der Waals surface area contributed by atoms with E-state index in [1.54, 1.807) is 0 Å². The van der Waals surface area contributed by atoms with Crippen LogP contribution >= 0.6 is 0 Å². The first-order valence-corrected chi connectivity index (χ1v) is 6.00. The Kier molecular flexibility index (Phi) is 4.79. The van der Waals surface area contributed by atoms with Crippen LogP contribution in [0.15, 0.2) is 0 Å². The van der Waals surface area contributed by atoms with Crippen LogP contribution < -0.4 is 5.32 Å². The summed E-state index contributed by atoms with van der Waals surface area (Å²) in [6, 6.07) is 1.45. The molecule has 13 heavy (non-hydrogen) atoms. The van der Waals surface area contributed by atoms with Crippen molar-refractivity contribution in [3.63, 3.8) is 0 Å². The zero-order valence-corrected chi connectivity index (χ0v) is 9.47. The number of nitrogens with one attached hydrogen (secondary N) is 1. The molecule has 1 N–H and O–H groups in total. The first-order valence-electron chi connectivity index (χ1n) is 6.00. The summed E-state index contributed by atoms with van der Waals surface area (Å²) in [6.45, 7) is 6.94. The molecule has 0 aliphatic heterocycles. The molecule has 78 valence electrons. The predicted octanol–water partition coefficient (Wildman–Crippen LogP) is 3.34. The third kappa shape index (κ3) is 3.68. The minimum atomic E-state index is 0.709. The third-order valence-electron chi connectivity index (χ3n) is 3.38. The van der Waals surface area contributed by atoms with Gasteiger partial charge < -0.3 is 5.32 Å². The van der Waals surface area contributed by atoms with Gasteiger partial charge in [0.2, 0.25) is 0 Å². The van der Waals surface area contributed by atoms with E-state index in [2.05, 4.69) is 26.1 Å². The molecule has 1 aliphatic rings. The Balaban J connectivity index is 2.18. The molecular weight excluding hydrogens is 158 g/mol. The first-order chi connectivity index (χ1) is 6.24. The molecule has 1 heteroatoms. The van der Waals surface area contributed by atoms with Gasteiger partial charge in [-0.3, -0.25) is 0 Å². The van der Waals surface area contributed by atoms with Crippen molar-refractivity contribution in [3.8, 4) is 0 Å². The number of rotatable bonds is 5. The lowest BCUT2D eigenvalue weighted by Gasteiger charge is -2.24. The van der Waals surface area contributed by atoms with Crippen LogP contribution in [0.1, 0.15) is 59.3 Å². The average molecular weight is 183 g/mol. The molecule has 0 bridgehead atoms. The van der Waals surface area contributed by atoms with Crippen molar-refractivity contribution in [2.75, 3.05) is 0 Å². The third-order valence-corrected chi connectivity index (χ3v) is 3.38. The topological polar surface area (TPSA) is 12.0 Å².